The van der Waals surface area contributed by atoms with E-state index in [0.29, 0.717) is 17.0 Å². The molecule has 1 aliphatic carbocycles. The molecule has 1 unspecified atom stereocenters. The van der Waals surface area contributed by atoms with E-state index in [1.54, 1.807) is 29.8 Å². The molecule has 122 valence electrons. The first kappa shape index (κ1) is 16.0. The minimum atomic E-state index is -4.45. The lowest BCUT2D eigenvalue weighted by atomic mass is 9.90. The van der Waals surface area contributed by atoms with Crippen molar-refractivity contribution in [2.45, 2.75) is 31.5 Å². The number of thiophene rings is 1. The van der Waals surface area contributed by atoms with Gasteiger partial charge in [-0.2, -0.15) is 13.2 Å². The average Bonchev–Trinajstić information content (AvgIpc) is 3.05. The van der Waals surface area contributed by atoms with E-state index >= 15 is 0 Å². The van der Waals surface area contributed by atoms with Gasteiger partial charge in [-0.25, -0.2) is 0 Å². The molecule has 3 rings (SSSR count). The number of rotatable bonds is 3. The second-order valence-electron chi connectivity index (χ2n) is 5.48. The highest BCUT2D eigenvalue weighted by Crippen LogP contribution is 2.35. The summed E-state index contributed by atoms with van der Waals surface area (Å²) >= 11 is 1.15. The highest BCUT2D eigenvalue weighted by molar-refractivity contribution is 7.12. The van der Waals surface area contributed by atoms with E-state index in [9.17, 15) is 18.0 Å². The van der Waals surface area contributed by atoms with Gasteiger partial charge in [0.05, 0.1) is 16.6 Å². The molecule has 2 aromatic rings. The Morgan fingerprint density at radius 2 is 2.17 bits per heavy atom. The largest absolute Gasteiger partial charge is 0.406 e. The lowest BCUT2D eigenvalue weighted by molar-refractivity contribution is -0.145. The summed E-state index contributed by atoms with van der Waals surface area (Å²) in [4.78, 5) is 18.1. The van der Waals surface area contributed by atoms with Gasteiger partial charge in [0.25, 0.3) is 5.91 Å². The third kappa shape index (κ3) is 3.55. The highest BCUT2D eigenvalue weighted by Gasteiger charge is 2.39. The Balaban J connectivity index is 1.97. The van der Waals surface area contributed by atoms with Crippen LogP contribution in [0.15, 0.2) is 35.8 Å². The van der Waals surface area contributed by atoms with Gasteiger partial charge in [-0.1, -0.05) is 12.1 Å². The maximum Gasteiger partial charge on any atom is 0.406 e. The summed E-state index contributed by atoms with van der Waals surface area (Å²) in [6.07, 6.45) is -0.850. The average molecular weight is 340 g/mol. The predicted octanol–water partition coefficient (Wildman–Crippen LogP) is 4.23. The third-order valence-corrected chi connectivity index (χ3v) is 4.74. The molecule has 7 heteroatoms. The molecule has 0 saturated heterocycles. The fourth-order valence-electron chi connectivity index (χ4n) is 2.95. The van der Waals surface area contributed by atoms with Gasteiger partial charge in [-0.05, 0) is 42.3 Å². The van der Waals surface area contributed by atoms with Crippen LogP contribution in [0, 0.1) is 0 Å². The first-order valence-electron chi connectivity index (χ1n) is 7.31. The molecule has 0 spiro atoms. The minimum Gasteiger partial charge on any atom is -0.320 e. The molecule has 1 aliphatic rings. The smallest absolute Gasteiger partial charge is 0.320 e. The standard InChI is InChI=1S/C16H15F3N2OS/c17-16(18,19)10-21(15(22)13-7-3-9-23-13)12-6-1-4-11-5-2-8-20-14(11)12/h2-3,5,7-9,12H,1,4,6,10H2. The zero-order valence-electron chi connectivity index (χ0n) is 12.2. The Bertz CT molecular complexity index is 685. The van der Waals surface area contributed by atoms with Crippen LogP contribution in [0.3, 0.4) is 0 Å². The fourth-order valence-corrected chi connectivity index (χ4v) is 3.63. The minimum absolute atomic E-state index is 0.317. The summed E-state index contributed by atoms with van der Waals surface area (Å²) in [7, 11) is 0. The molecule has 1 amide bonds. The molecule has 0 aliphatic heterocycles. The molecule has 2 aromatic heterocycles. The second kappa shape index (κ2) is 6.31. The van der Waals surface area contributed by atoms with E-state index in [0.717, 1.165) is 34.6 Å². The summed E-state index contributed by atoms with van der Waals surface area (Å²) < 4.78 is 39.1. The maximum atomic E-state index is 13.0. The first-order valence-corrected chi connectivity index (χ1v) is 8.19. The number of alkyl halides is 3. The molecule has 2 heterocycles. The Labute approximate surface area is 135 Å². The zero-order valence-corrected chi connectivity index (χ0v) is 13.0. The number of hydrogen-bond acceptors (Lipinski definition) is 3. The SMILES string of the molecule is O=C(c1cccs1)N(CC(F)(F)F)C1CCCc2cccnc21. The first-order chi connectivity index (χ1) is 11.0. The van der Waals surface area contributed by atoms with Gasteiger partial charge in [-0.15, -0.1) is 11.3 Å². The number of hydrogen-bond donors (Lipinski definition) is 0. The Hall–Kier alpha value is -1.89. The number of aryl methyl sites for hydroxylation is 1. The van der Waals surface area contributed by atoms with Crippen molar-refractivity contribution in [2.24, 2.45) is 0 Å². The molecule has 1 atom stereocenters. The Morgan fingerprint density at radius 1 is 1.35 bits per heavy atom. The quantitative estimate of drug-likeness (QED) is 0.838. The fraction of sp³-hybridized carbons (Fsp3) is 0.375. The van der Waals surface area contributed by atoms with Gasteiger partial charge in [0, 0.05) is 6.20 Å². The van der Waals surface area contributed by atoms with Crippen molar-refractivity contribution in [2.75, 3.05) is 6.54 Å². The van der Waals surface area contributed by atoms with E-state index in [4.69, 9.17) is 0 Å². The van der Waals surface area contributed by atoms with E-state index in [1.807, 2.05) is 6.07 Å². The van der Waals surface area contributed by atoms with Crippen molar-refractivity contribution in [3.63, 3.8) is 0 Å². The summed E-state index contributed by atoms with van der Waals surface area (Å²) in [6.45, 7) is -1.26. The second-order valence-corrected chi connectivity index (χ2v) is 6.43. The van der Waals surface area contributed by atoms with Gasteiger partial charge in [0.1, 0.15) is 6.54 Å². The molecule has 0 N–H and O–H groups in total. The van der Waals surface area contributed by atoms with Gasteiger partial charge in [0.15, 0.2) is 0 Å². The van der Waals surface area contributed by atoms with Crippen molar-refractivity contribution in [3.8, 4) is 0 Å². The van der Waals surface area contributed by atoms with Crippen LogP contribution in [0.25, 0.3) is 0 Å². The number of carbonyl (C=O) groups is 1. The van der Waals surface area contributed by atoms with Crippen LogP contribution in [0.5, 0.6) is 0 Å². The normalized spacial score (nSPS) is 17.6. The molecular formula is C16H15F3N2OS. The van der Waals surface area contributed by atoms with Crippen molar-refractivity contribution in [3.05, 3.63) is 52.0 Å². The van der Waals surface area contributed by atoms with E-state index in [1.165, 1.54) is 0 Å². The molecule has 23 heavy (non-hydrogen) atoms. The van der Waals surface area contributed by atoms with Crippen LogP contribution in [0.2, 0.25) is 0 Å². The molecule has 0 aromatic carbocycles. The Kier molecular flexibility index (Phi) is 4.39. The molecule has 0 saturated carbocycles. The van der Waals surface area contributed by atoms with Crippen LogP contribution >= 0.6 is 11.3 Å². The van der Waals surface area contributed by atoms with Crippen LogP contribution in [0.1, 0.15) is 39.8 Å². The molecule has 3 nitrogen and oxygen atoms in total. The third-order valence-electron chi connectivity index (χ3n) is 3.88. The number of amides is 1. The zero-order chi connectivity index (χ0) is 16.4. The molecule has 0 bridgehead atoms. The number of aromatic nitrogens is 1. The van der Waals surface area contributed by atoms with Crippen molar-refractivity contribution < 1.29 is 18.0 Å². The predicted molar refractivity (Wildman–Crippen MR) is 81.3 cm³/mol. The van der Waals surface area contributed by atoms with E-state index < -0.39 is 24.7 Å². The Morgan fingerprint density at radius 3 is 2.87 bits per heavy atom. The van der Waals surface area contributed by atoms with Crippen molar-refractivity contribution in [1.29, 1.82) is 0 Å². The number of nitrogens with zero attached hydrogens (tertiary/aromatic N) is 2. The van der Waals surface area contributed by atoms with Crippen LogP contribution in [0.4, 0.5) is 13.2 Å². The number of pyridine rings is 1. The summed E-state index contributed by atoms with van der Waals surface area (Å²) in [6, 6.07) is 6.23. The molecular weight excluding hydrogens is 325 g/mol. The van der Waals surface area contributed by atoms with Crippen LogP contribution in [-0.2, 0) is 6.42 Å². The van der Waals surface area contributed by atoms with Gasteiger partial charge >= 0.3 is 6.18 Å². The molecule has 0 radical (unpaired) electrons. The van der Waals surface area contributed by atoms with Gasteiger partial charge < -0.3 is 4.90 Å². The topological polar surface area (TPSA) is 33.2 Å². The van der Waals surface area contributed by atoms with Crippen molar-refractivity contribution >= 4 is 17.2 Å². The highest BCUT2D eigenvalue weighted by atomic mass is 32.1. The van der Waals surface area contributed by atoms with E-state index in [2.05, 4.69) is 4.98 Å². The van der Waals surface area contributed by atoms with Gasteiger partial charge in [-0.3, -0.25) is 9.78 Å². The maximum absolute atomic E-state index is 13.0. The van der Waals surface area contributed by atoms with Gasteiger partial charge in [0.2, 0.25) is 0 Å². The number of halogens is 3. The molecule has 0 fully saturated rings. The summed E-state index contributed by atoms with van der Waals surface area (Å²) in [5, 5.41) is 1.69. The lowest BCUT2D eigenvalue weighted by Crippen LogP contribution is -2.42. The monoisotopic (exact) mass is 340 g/mol. The van der Waals surface area contributed by atoms with Crippen molar-refractivity contribution in [1.82, 2.24) is 9.88 Å². The number of fused-ring (bicyclic) bond motifs is 1. The summed E-state index contributed by atoms with van der Waals surface area (Å²) in [5.41, 5.74) is 1.52. The van der Waals surface area contributed by atoms with E-state index in [-0.39, 0.29) is 0 Å². The summed E-state index contributed by atoms with van der Waals surface area (Å²) in [5.74, 6) is -0.583. The lowest BCUT2D eigenvalue weighted by Gasteiger charge is -2.35. The van der Waals surface area contributed by atoms with Crippen LogP contribution < -0.4 is 0 Å². The number of carbonyl (C=O) groups excluding carboxylic acids is 1. The van der Waals surface area contributed by atoms with Crippen LogP contribution in [-0.4, -0.2) is 28.5 Å².